The molecule has 0 spiro atoms. The van der Waals surface area contributed by atoms with Crippen LogP contribution in [0.25, 0.3) is 0 Å². The number of aliphatic hydroxyl groups is 1. The van der Waals surface area contributed by atoms with E-state index >= 15 is 0 Å². The van der Waals surface area contributed by atoms with E-state index in [0.717, 1.165) is 19.2 Å². The first-order chi connectivity index (χ1) is 10.1. The van der Waals surface area contributed by atoms with Gasteiger partial charge >= 0.3 is 0 Å². The smallest absolute Gasteiger partial charge is 0.163 e. The van der Waals surface area contributed by atoms with Crippen LogP contribution in [0, 0.1) is 11.6 Å². The van der Waals surface area contributed by atoms with Crippen molar-refractivity contribution in [1.29, 1.82) is 0 Å². The second kappa shape index (κ2) is 7.79. The van der Waals surface area contributed by atoms with Crippen LogP contribution in [0.4, 0.5) is 8.78 Å². The first kappa shape index (κ1) is 16.3. The van der Waals surface area contributed by atoms with Gasteiger partial charge in [-0.2, -0.15) is 0 Å². The zero-order valence-electron chi connectivity index (χ0n) is 12.2. The summed E-state index contributed by atoms with van der Waals surface area (Å²) in [6, 6.07) is 3.76. The Morgan fingerprint density at radius 1 is 1.33 bits per heavy atom. The van der Waals surface area contributed by atoms with E-state index in [1.54, 1.807) is 13.0 Å². The van der Waals surface area contributed by atoms with Crippen molar-refractivity contribution in [2.45, 2.75) is 19.1 Å². The number of hydrogen-bond acceptors (Lipinski definition) is 4. The number of ether oxygens (including phenoxy) is 1. The van der Waals surface area contributed by atoms with Crippen LogP contribution in [0.2, 0.25) is 0 Å². The highest BCUT2D eigenvalue weighted by atomic mass is 19.2. The van der Waals surface area contributed by atoms with Gasteiger partial charge in [-0.3, -0.25) is 4.90 Å². The molecule has 0 saturated carbocycles. The summed E-state index contributed by atoms with van der Waals surface area (Å²) in [6.45, 7) is 5.62. The Labute approximate surface area is 123 Å². The molecule has 118 valence electrons. The Bertz CT molecular complexity index is 453. The van der Waals surface area contributed by atoms with Gasteiger partial charge in [-0.1, -0.05) is 12.1 Å². The second-order valence-electron chi connectivity index (χ2n) is 5.34. The van der Waals surface area contributed by atoms with Crippen LogP contribution in [-0.2, 0) is 4.74 Å². The topological polar surface area (TPSA) is 44.7 Å². The molecular weight excluding hydrogens is 278 g/mol. The van der Waals surface area contributed by atoms with Crippen LogP contribution >= 0.6 is 0 Å². The molecule has 1 fully saturated rings. The minimum absolute atomic E-state index is 0.272. The summed E-state index contributed by atoms with van der Waals surface area (Å²) in [4.78, 5) is 2.13. The fourth-order valence-electron chi connectivity index (χ4n) is 2.42. The van der Waals surface area contributed by atoms with Crippen LogP contribution in [0.1, 0.15) is 18.5 Å². The Kier molecular flexibility index (Phi) is 6.05. The maximum absolute atomic E-state index is 13.6. The number of morpholine rings is 1. The summed E-state index contributed by atoms with van der Waals surface area (Å²) in [6.07, 6.45) is -0.554. The Morgan fingerprint density at radius 2 is 2.05 bits per heavy atom. The van der Waals surface area contributed by atoms with Crippen LogP contribution in [0.15, 0.2) is 18.2 Å². The van der Waals surface area contributed by atoms with Gasteiger partial charge in [0, 0.05) is 37.8 Å². The number of benzene rings is 1. The molecule has 6 heteroatoms. The molecule has 0 bridgehead atoms. The van der Waals surface area contributed by atoms with E-state index in [-0.39, 0.29) is 11.6 Å². The van der Waals surface area contributed by atoms with Crippen LogP contribution in [0.5, 0.6) is 0 Å². The third-order valence-corrected chi connectivity index (χ3v) is 3.68. The predicted molar refractivity (Wildman–Crippen MR) is 76.0 cm³/mol. The zero-order valence-corrected chi connectivity index (χ0v) is 12.2. The summed E-state index contributed by atoms with van der Waals surface area (Å²) in [5, 5.41) is 13.1. The molecule has 4 nitrogen and oxygen atoms in total. The van der Waals surface area contributed by atoms with Crippen molar-refractivity contribution in [3.05, 3.63) is 35.4 Å². The third-order valence-electron chi connectivity index (χ3n) is 3.68. The fraction of sp³-hybridized carbons (Fsp3) is 0.600. The molecule has 0 aromatic heterocycles. The third kappa shape index (κ3) is 4.71. The molecule has 1 aromatic carbocycles. The van der Waals surface area contributed by atoms with E-state index in [1.165, 1.54) is 6.07 Å². The Morgan fingerprint density at radius 3 is 2.76 bits per heavy atom. The number of hydrogen-bond donors (Lipinski definition) is 2. The fourth-order valence-corrected chi connectivity index (χ4v) is 2.42. The van der Waals surface area contributed by atoms with Crippen LogP contribution in [-0.4, -0.2) is 55.5 Å². The van der Waals surface area contributed by atoms with E-state index in [9.17, 15) is 13.9 Å². The highest BCUT2D eigenvalue weighted by molar-refractivity contribution is 5.21. The normalized spacial score (nSPS) is 19.4. The van der Waals surface area contributed by atoms with Crippen molar-refractivity contribution in [3.8, 4) is 0 Å². The highest BCUT2D eigenvalue weighted by Gasteiger charge is 2.17. The quantitative estimate of drug-likeness (QED) is 0.831. The molecule has 1 aliphatic heterocycles. The van der Waals surface area contributed by atoms with Crippen molar-refractivity contribution >= 4 is 0 Å². The monoisotopic (exact) mass is 300 g/mol. The van der Waals surface area contributed by atoms with E-state index in [4.69, 9.17) is 4.74 Å². The summed E-state index contributed by atoms with van der Waals surface area (Å²) < 4.78 is 32.1. The first-order valence-electron chi connectivity index (χ1n) is 7.23. The number of nitrogens with one attached hydrogen (secondary N) is 1. The average molecular weight is 300 g/mol. The number of nitrogens with zero attached hydrogens (tertiary/aromatic N) is 1. The molecule has 2 unspecified atom stereocenters. The minimum atomic E-state index is -0.852. The van der Waals surface area contributed by atoms with Crippen molar-refractivity contribution in [2.24, 2.45) is 0 Å². The standard InChI is InChI=1S/C15H22F2N2O2/c1-11(13-3-2-4-14(16)15(13)17)18-9-12(20)10-19-5-7-21-8-6-19/h2-4,11-12,18,20H,5-10H2,1H3. The van der Waals surface area contributed by atoms with Gasteiger partial charge in [0.1, 0.15) is 0 Å². The van der Waals surface area contributed by atoms with Crippen LogP contribution in [0.3, 0.4) is 0 Å². The van der Waals surface area contributed by atoms with Gasteiger partial charge in [0.2, 0.25) is 0 Å². The lowest BCUT2D eigenvalue weighted by molar-refractivity contribution is 0.0145. The van der Waals surface area contributed by atoms with Gasteiger partial charge in [0.05, 0.1) is 19.3 Å². The lowest BCUT2D eigenvalue weighted by Crippen LogP contribution is -2.44. The van der Waals surface area contributed by atoms with Gasteiger partial charge in [-0.25, -0.2) is 8.78 Å². The molecule has 0 radical (unpaired) electrons. The maximum atomic E-state index is 13.6. The predicted octanol–water partition coefficient (Wildman–Crippen LogP) is 1.31. The summed E-state index contributed by atoms with van der Waals surface area (Å²) >= 11 is 0. The molecule has 2 atom stereocenters. The number of halogens is 2. The zero-order chi connectivity index (χ0) is 15.2. The molecule has 1 aliphatic rings. The number of aliphatic hydroxyl groups excluding tert-OH is 1. The Balaban J connectivity index is 1.80. The SMILES string of the molecule is CC(NCC(O)CN1CCOCC1)c1cccc(F)c1F. The van der Waals surface area contributed by atoms with Crippen molar-refractivity contribution in [1.82, 2.24) is 10.2 Å². The average Bonchev–Trinajstić information content (AvgIpc) is 2.48. The minimum Gasteiger partial charge on any atom is -0.390 e. The molecular formula is C15H22F2N2O2. The molecule has 2 N–H and O–H groups in total. The van der Waals surface area contributed by atoms with Crippen molar-refractivity contribution in [2.75, 3.05) is 39.4 Å². The lowest BCUT2D eigenvalue weighted by atomic mass is 10.1. The van der Waals surface area contributed by atoms with Crippen LogP contribution < -0.4 is 5.32 Å². The van der Waals surface area contributed by atoms with E-state index < -0.39 is 17.7 Å². The summed E-state index contributed by atoms with van der Waals surface area (Å²) in [5.41, 5.74) is 0.272. The molecule has 1 heterocycles. The van der Waals surface area contributed by atoms with Crippen molar-refractivity contribution in [3.63, 3.8) is 0 Å². The van der Waals surface area contributed by atoms with E-state index in [2.05, 4.69) is 10.2 Å². The molecule has 0 amide bonds. The van der Waals surface area contributed by atoms with Gasteiger partial charge in [-0.05, 0) is 13.0 Å². The number of β-amino-alcohol motifs (C(OH)–C–C–N with tert-alkyl or cyclic N) is 1. The first-order valence-corrected chi connectivity index (χ1v) is 7.23. The molecule has 2 rings (SSSR count). The molecule has 0 aliphatic carbocycles. The molecule has 1 saturated heterocycles. The van der Waals surface area contributed by atoms with E-state index in [1.807, 2.05) is 0 Å². The van der Waals surface area contributed by atoms with Gasteiger partial charge < -0.3 is 15.2 Å². The van der Waals surface area contributed by atoms with E-state index in [0.29, 0.717) is 26.3 Å². The molecule has 1 aromatic rings. The Hall–Kier alpha value is -1.08. The highest BCUT2D eigenvalue weighted by Crippen LogP contribution is 2.18. The largest absolute Gasteiger partial charge is 0.390 e. The molecule has 21 heavy (non-hydrogen) atoms. The van der Waals surface area contributed by atoms with Gasteiger partial charge in [-0.15, -0.1) is 0 Å². The maximum Gasteiger partial charge on any atom is 0.163 e. The number of rotatable bonds is 6. The summed E-state index contributed by atoms with van der Waals surface area (Å²) in [5.74, 6) is -1.69. The summed E-state index contributed by atoms with van der Waals surface area (Å²) in [7, 11) is 0. The lowest BCUT2D eigenvalue weighted by Gasteiger charge is -2.29. The van der Waals surface area contributed by atoms with Gasteiger partial charge in [0.15, 0.2) is 11.6 Å². The van der Waals surface area contributed by atoms with Gasteiger partial charge in [0.25, 0.3) is 0 Å². The second-order valence-corrected chi connectivity index (χ2v) is 5.34. The van der Waals surface area contributed by atoms with Crippen molar-refractivity contribution < 1.29 is 18.6 Å².